The number of fused-ring (bicyclic) bond motifs is 3. The van der Waals surface area contributed by atoms with E-state index in [0.29, 0.717) is 36.8 Å². The molecule has 2 aromatic carbocycles. The molecule has 3 N–H and O–H groups in total. The Bertz CT molecular complexity index is 2110. The van der Waals surface area contributed by atoms with Gasteiger partial charge in [-0.05, 0) is 83.6 Å². The van der Waals surface area contributed by atoms with Crippen molar-refractivity contribution in [2.75, 3.05) is 11.9 Å². The van der Waals surface area contributed by atoms with Crippen LogP contribution >= 0.6 is 0 Å². The normalized spacial score (nSPS) is 27.3. The number of nitrogens with one attached hydrogen (secondary N) is 3. The number of hydrogen-bond acceptors (Lipinski definition) is 9. The van der Waals surface area contributed by atoms with Crippen molar-refractivity contribution < 1.29 is 32.3 Å². The summed E-state index contributed by atoms with van der Waals surface area (Å²) in [5, 5.41) is 6.37. The summed E-state index contributed by atoms with van der Waals surface area (Å²) >= 11 is 0. The van der Waals surface area contributed by atoms with E-state index in [2.05, 4.69) is 15.4 Å². The van der Waals surface area contributed by atoms with Crippen LogP contribution in [-0.2, 0) is 24.4 Å². The molecule has 2 aliphatic carbocycles. The van der Waals surface area contributed by atoms with Gasteiger partial charge >= 0.3 is 0 Å². The third-order valence-electron chi connectivity index (χ3n) is 11.7. The maximum atomic E-state index is 14.7. The quantitative estimate of drug-likeness (QED) is 0.180. The zero-order valence-corrected chi connectivity index (χ0v) is 32.9. The highest BCUT2D eigenvalue weighted by Gasteiger charge is 2.63. The molecule has 14 heteroatoms. The molecule has 1 saturated heterocycles. The van der Waals surface area contributed by atoms with Crippen molar-refractivity contribution in [1.29, 1.82) is 0 Å². The number of allylic oxidation sites excluding steroid dienone is 1. The average Bonchev–Trinajstić information content (AvgIpc) is 3.98. The van der Waals surface area contributed by atoms with Gasteiger partial charge in [0, 0.05) is 36.1 Å². The third-order valence-corrected chi connectivity index (χ3v) is 13.8. The molecule has 3 heterocycles. The second kappa shape index (κ2) is 15.1. The molecule has 5 atom stereocenters. The molecule has 0 unspecified atom stereocenters. The molecule has 2 saturated carbocycles. The monoisotopic (exact) mass is 772 g/mol. The Morgan fingerprint density at radius 3 is 2.53 bits per heavy atom. The van der Waals surface area contributed by atoms with Crippen LogP contribution in [-0.4, -0.2) is 81.4 Å². The Balaban J connectivity index is 1.23. The number of imidazole rings is 1. The Kier molecular flexibility index (Phi) is 10.6. The van der Waals surface area contributed by atoms with Crippen LogP contribution in [0.3, 0.4) is 0 Å². The second-order valence-electron chi connectivity index (χ2n) is 16.1. The first kappa shape index (κ1) is 38.6. The minimum Gasteiger partial charge on any atom is -0.459 e. The van der Waals surface area contributed by atoms with Crippen LogP contribution in [0.25, 0.3) is 11.0 Å². The fourth-order valence-electron chi connectivity index (χ4n) is 7.92. The second-order valence-corrected chi connectivity index (χ2v) is 18.3. The molecular formula is C41H52N6O7S. The molecule has 55 heavy (non-hydrogen) atoms. The number of amides is 3. The van der Waals surface area contributed by atoms with Gasteiger partial charge in [0.1, 0.15) is 29.2 Å². The number of hydrogen-bond donors (Lipinski definition) is 3. The SMILES string of the molecule is CCC(=O)c1cccc2c1nc(O[C@@H]1C[C@H]3C(=O)N[C@]4(C(=O)NS(=O)(=O)C5(C)CC5)C[C@@H]4/C=C\CCCCC[C@H](Nc4ccccc4)C(=O)N3C1)n2C(C)C. The Labute approximate surface area is 322 Å². The summed E-state index contributed by atoms with van der Waals surface area (Å²) in [5.74, 6) is -2.03. The number of rotatable bonds is 10. The molecule has 1 aromatic heterocycles. The van der Waals surface area contributed by atoms with Gasteiger partial charge in [0.15, 0.2) is 5.78 Å². The van der Waals surface area contributed by atoms with E-state index in [4.69, 9.17) is 9.72 Å². The van der Waals surface area contributed by atoms with Gasteiger partial charge in [-0.3, -0.25) is 28.5 Å². The first-order chi connectivity index (χ1) is 26.3. The number of ether oxygens (including phenoxy) is 1. The van der Waals surface area contributed by atoms with Crippen molar-refractivity contribution in [2.45, 2.75) is 126 Å². The van der Waals surface area contributed by atoms with Crippen molar-refractivity contribution in [3.8, 4) is 6.01 Å². The highest BCUT2D eigenvalue weighted by Crippen LogP contribution is 2.47. The molecule has 7 rings (SSSR count). The van der Waals surface area contributed by atoms with E-state index in [1.165, 1.54) is 4.90 Å². The number of carbonyl (C=O) groups excluding carboxylic acids is 4. The van der Waals surface area contributed by atoms with E-state index in [0.717, 1.165) is 36.9 Å². The topological polar surface area (TPSA) is 169 Å². The number of para-hydroxylation sites is 2. The predicted octanol–water partition coefficient (Wildman–Crippen LogP) is 5.43. The summed E-state index contributed by atoms with van der Waals surface area (Å²) in [5.41, 5.74) is 1.08. The number of sulfonamides is 1. The first-order valence-electron chi connectivity index (χ1n) is 19.7. The van der Waals surface area contributed by atoms with Crippen LogP contribution in [0.2, 0.25) is 0 Å². The van der Waals surface area contributed by atoms with E-state index in [9.17, 15) is 27.6 Å². The van der Waals surface area contributed by atoms with Crippen LogP contribution in [0.15, 0.2) is 60.7 Å². The number of benzene rings is 2. The molecule has 0 radical (unpaired) electrons. The van der Waals surface area contributed by atoms with Crippen molar-refractivity contribution in [2.24, 2.45) is 5.92 Å². The zero-order chi connectivity index (χ0) is 39.1. The fourth-order valence-corrected chi connectivity index (χ4v) is 9.24. The molecule has 3 amide bonds. The molecule has 294 valence electrons. The number of ketones is 1. The lowest BCUT2D eigenvalue weighted by Crippen LogP contribution is -2.58. The van der Waals surface area contributed by atoms with Crippen LogP contribution in [0.5, 0.6) is 6.01 Å². The van der Waals surface area contributed by atoms with Gasteiger partial charge < -0.3 is 20.3 Å². The Hall–Kier alpha value is -4.72. The largest absolute Gasteiger partial charge is 0.459 e. The smallest absolute Gasteiger partial charge is 0.297 e. The van der Waals surface area contributed by atoms with Crippen LogP contribution in [0.1, 0.15) is 108 Å². The lowest BCUT2D eigenvalue weighted by molar-refractivity contribution is -0.140. The van der Waals surface area contributed by atoms with Gasteiger partial charge in [0.05, 0.1) is 16.8 Å². The van der Waals surface area contributed by atoms with Gasteiger partial charge in [-0.15, -0.1) is 0 Å². The van der Waals surface area contributed by atoms with E-state index in [-0.39, 0.29) is 43.1 Å². The molecule has 2 aliphatic heterocycles. The van der Waals surface area contributed by atoms with Crippen molar-refractivity contribution in [1.82, 2.24) is 24.5 Å². The number of nitrogens with zero attached hydrogens (tertiary/aromatic N) is 3. The predicted molar refractivity (Wildman–Crippen MR) is 209 cm³/mol. The minimum absolute atomic E-state index is 0.0400. The van der Waals surface area contributed by atoms with Crippen molar-refractivity contribution in [3.63, 3.8) is 0 Å². The van der Waals surface area contributed by atoms with Crippen LogP contribution < -0.4 is 20.1 Å². The first-order valence-corrected chi connectivity index (χ1v) is 21.1. The zero-order valence-electron chi connectivity index (χ0n) is 32.0. The summed E-state index contributed by atoms with van der Waals surface area (Å²) in [6, 6.07) is 13.5. The maximum absolute atomic E-state index is 14.7. The number of anilines is 1. The summed E-state index contributed by atoms with van der Waals surface area (Å²) in [6.07, 6.45) is 8.63. The van der Waals surface area contributed by atoms with Gasteiger partial charge in [0.2, 0.25) is 21.8 Å². The number of aromatic nitrogens is 2. The van der Waals surface area contributed by atoms with Crippen LogP contribution in [0, 0.1) is 5.92 Å². The standard InChI is InChI=1S/C41H52N6O7S/c1-5-34(48)30-18-14-20-32-35(30)43-39(47(32)26(2)3)54-29-23-33-36(49)44-41(38(51)45-55(52,53)40(4)21-22-40)24-27(41)15-10-7-6-8-13-19-31(37(50)46(33)25-29)42-28-16-11-9-12-17-28/h9-12,14-18,20,26-27,29,31,33,42H,5-8,13,19,21-25H2,1-4H3,(H,44,49)(H,45,51)/b15-10-/t27-,29+,31-,33-,41+/m0/s1. The van der Waals surface area contributed by atoms with Gasteiger partial charge in [-0.25, -0.2) is 8.42 Å². The Morgan fingerprint density at radius 1 is 1.05 bits per heavy atom. The molecule has 0 bridgehead atoms. The summed E-state index contributed by atoms with van der Waals surface area (Å²) in [7, 11) is -3.97. The summed E-state index contributed by atoms with van der Waals surface area (Å²) in [4.78, 5) is 62.4. The lowest BCUT2D eigenvalue weighted by atomic mass is 10.0. The minimum atomic E-state index is -3.97. The number of carbonyl (C=O) groups is 4. The molecular weight excluding hydrogens is 721 g/mol. The van der Waals surface area contributed by atoms with Crippen LogP contribution in [0.4, 0.5) is 5.69 Å². The van der Waals surface area contributed by atoms with Crippen molar-refractivity contribution in [3.05, 3.63) is 66.2 Å². The van der Waals surface area contributed by atoms with Crippen molar-refractivity contribution >= 4 is 50.2 Å². The molecule has 4 aliphatic rings. The number of Topliss-reactive ketones (excluding diaryl/α,β-unsaturated/α-hetero) is 1. The fraction of sp³-hybridized carbons (Fsp3) is 0.537. The Morgan fingerprint density at radius 2 is 1.82 bits per heavy atom. The van der Waals surface area contributed by atoms with Gasteiger partial charge in [-0.1, -0.05) is 56.2 Å². The maximum Gasteiger partial charge on any atom is 0.297 e. The summed E-state index contributed by atoms with van der Waals surface area (Å²) < 4.78 is 36.2. The van der Waals surface area contributed by atoms with E-state index >= 15 is 0 Å². The van der Waals surface area contributed by atoms with Gasteiger partial charge in [-0.2, -0.15) is 4.98 Å². The van der Waals surface area contributed by atoms with E-state index < -0.39 is 56.2 Å². The average molecular weight is 773 g/mol. The lowest BCUT2D eigenvalue weighted by Gasteiger charge is -2.30. The molecule has 3 fully saturated rings. The highest BCUT2D eigenvalue weighted by atomic mass is 32.2. The van der Waals surface area contributed by atoms with E-state index in [1.807, 2.05) is 73.0 Å². The van der Waals surface area contributed by atoms with Gasteiger partial charge in [0.25, 0.3) is 11.9 Å². The third kappa shape index (κ3) is 7.61. The molecule has 3 aromatic rings. The summed E-state index contributed by atoms with van der Waals surface area (Å²) in [6.45, 7) is 7.47. The molecule has 0 spiro atoms. The molecule has 13 nitrogen and oxygen atoms in total. The van der Waals surface area contributed by atoms with E-state index in [1.54, 1.807) is 19.9 Å². The highest BCUT2D eigenvalue weighted by molar-refractivity contribution is 7.91.